The number of rotatable bonds is 4. The fourth-order valence-corrected chi connectivity index (χ4v) is 5.54. The van der Waals surface area contributed by atoms with Crippen molar-refractivity contribution in [2.75, 3.05) is 13.1 Å². The fraction of sp³-hybridized carbons (Fsp3) is 0.524. The highest BCUT2D eigenvalue weighted by atomic mass is 32.1. The smallest absolute Gasteiger partial charge is 0.230 e. The molecular weight excluding hydrogens is 356 g/mol. The van der Waals surface area contributed by atoms with Crippen LogP contribution in [0.2, 0.25) is 0 Å². The Bertz CT molecular complexity index is 937. The van der Waals surface area contributed by atoms with Gasteiger partial charge in [0.15, 0.2) is 5.82 Å². The molecular formula is C21H28N4OS. The molecule has 0 aliphatic carbocycles. The maximum atomic E-state index is 11.0. The lowest BCUT2D eigenvalue weighted by Crippen LogP contribution is -2.41. The van der Waals surface area contributed by atoms with E-state index >= 15 is 0 Å². The molecule has 4 rings (SSSR count). The predicted octanol–water partition coefficient (Wildman–Crippen LogP) is 4.43. The molecule has 1 N–H and O–H groups in total. The van der Waals surface area contributed by atoms with Gasteiger partial charge in [-0.2, -0.15) is 4.52 Å². The number of likely N-dealkylation sites (tertiary alicyclic amines) is 1. The monoisotopic (exact) mass is 384 g/mol. The van der Waals surface area contributed by atoms with Crippen LogP contribution in [0.25, 0.3) is 4.96 Å². The molecule has 1 aliphatic rings. The molecule has 0 spiro atoms. The second-order valence-corrected chi connectivity index (χ2v) is 9.09. The summed E-state index contributed by atoms with van der Waals surface area (Å²) in [5.41, 5.74) is 2.47. The lowest BCUT2D eigenvalue weighted by molar-refractivity contribution is 0.112. The molecule has 3 aromatic rings. The number of aromatic hydroxyl groups is 1. The van der Waals surface area contributed by atoms with E-state index in [0.29, 0.717) is 11.8 Å². The summed E-state index contributed by atoms with van der Waals surface area (Å²) in [6, 6.07) is 8.68. The van der Waals surface area contributed by atoms with E-state index in [0.717, 1.165) is 35.2 Å². The Morgan fingerprint density at radius 3 is 2.63 bits per heavy atom. The predicted molar refractivity (Wildman–Crippen MR) is 109 cm³/mol. The topological polar surface area (TPSA) is 53.7 Å². The van der Waals surface area contributed by atoms with Gasteiger partial charge in [-0.3, -0.25) is 4.90 Å². The van der Waals surface area contributed by atoms with Crippen LogP contribution in [0.5, 0.6) is 5.88 Å². The first-order chi connectivity index (χ1) is 13.0. The Morgan fingerprint density at radius 2 is 2.00 bits per heavy atom. The number of piperidine rings is 1. The summed E-state index contributed by atoms with van der Waals surface area (Å²) in [5, 5.41) is 15.5. The molecule has 3 heterocycles. The molecule has 0 unspecified atom stereocenters. The molecule has 0 saturated carbocycles. The molecule has 1 aliphatic heterocycles. The van der Waals surface area contributed by atoms with Gasteiger partial charge < -0.3 is 5.11 Å². The van der Waals surface area contributed by atoms with Gasteiger partial charge in [-0.25, -0.2) is 4.98 Å². The number of hydrogen-bond donors (Lipinski definition) is 1. The summed E-state index contributed by atoms with van der Waals surface area (Å²) in [7, 11) is 0. The molecule has 27 heavy (non-hydrogen) atoms. The number of aromatic nitrogens is 3. The van der Waals surface area contributed by atoms with E-state index < -0.39 is 0 Å². The van der Waals surface area contributed by atoms with Crippen molar-refractivity contribution in [1.29, 1.82) is 0 Å². The van der Waals surface area contributed by atoms with Crippen LogP contribution in [0, 0.1) is 18.8 Å². The zero-order valence-corrected chi connectivity index (χ0v) is 17.3. The van der Waals surface area contributed by atoms with Crippen molar-refractivity contribution in [2.24, 2.45) is 11.8 Å². The maximum absolute atomic E-state index is 11.0. The van der Waals surface area contributed by atoms with Crippen LogP contribution in [0.15, 0.2) is 24.3 Å². The molecule has 1 fully saturated rings. The molecule has 0 amide bonds. The molecule has 6 heteroatoms. The van der Waals surface area contributed by atoms with Gasteiger partial charge in [0.2, 0.25) is 10.8 Å². The van der Waals surface area contributed by atoms with Crippen LogP contribution in [0.3, 0.4) is 0 Å². The first-order valence-electron chi connectivity index (χ1n) is 9.84. The van der Waals surface area contributed by atoms with Crippen LogP contribution >= 0.6 is 11.3 Å². The average molecular weight is 385 g/mol. The van der Waals surface area contributed by atoms with Crippen molar-refractivity contribution in [3.05, 3.63) is 46.1 Å². The average Bonchev–Trinajstić information content (AvgIpc) is 3.14. The number of fused-ring (bicyclic) bond motifs is 1. The normalized spacial score (nSPS) is 22.4. The van der Waals surface area contributed by atoms with Crippen LogP contribution in [0.4, 0.5) is 0 Å². The van der Waals surface area contributed by atoms with Crippen LogP contribution in [-0.2, 0) is 6.42 Å². The summed E-state index contributed by atoms with van der Waals surface area (Å²) in [4.78, 5) is 8.82. The Hall–Kier alpha value is -1.92. The Labute approximate surface area is 164 Å². The third-order valence-corrected chi connectivity index (χ3v) is 6.50. The lowest BCUT2D eigenvalue weighted by Gasteiger charge is -2.40. The molecule has 2 aromatic heterocycles. The SMILES string of the molecule is CCc1nc2sc([C@H](c3cccc(C)c3)N3C[C@@H](C)C[C@H](C)C3)c(O)n2n1. The Balaban J connectivity index is 1.82. The van der Waals surface area contributed by atoms with E-state index in [1.807, 2.05) is 6.92 Å². The maximum Gasteiger partial charge on any atom is 0.230 e. The van der Waals surface area contributed by atoms with Crippen LogP contribution in [0.1, 0.15) is 55.1 Å². The largest absolute Gasteiger partial charge is 0.492 e. The molecule has 1 saturated heterocycles. The van der Waals surface area contributed by atoms with Crippen molar-refractivity contribution in [3.8, 4) is 5.88 Å². The van der Waals surface area contributed by atoms with Crippen molar-refractivity contribution < 1.29 is 5.11 Å². The van der Waals surface area contributed by atoms with E-state index in [1.165, 1.54) is 17.5 Å². The van der Waals surface area contributed by atoms with E-state index in [-0.39, 0.29) is 11.9 Å². The van der Waals surface area contributed by atoms with Crippen molar-refractivity contribution in [2.45, 2.75) is 46.6 Å². The summed E-state index contributed by atoms with van der Waals surface area (Å²) in [6.07, 6.45) is 2.03. The molecule has 1 aromatic carbocycles. The van der Waals surface area contributed by atoms with Gasteiger partial charge in [0.05, 0.1) is 10.9 Å². The van der Waals surface area contributed by atoms with Crippen molar-refractivity contribution >= 4 is 16.3 Å². The Kier molecular flexibility index (Phi) is 4.95. The van der Waals surface area contributed by atoms with E-state index in [4.69, 9.17) is 0 Å². The van der Waals surface area contributed by atoms with Gasteiger partial charge in [-0.15, -0.1) is 5.10 Å². The van der Waals surface area contributed by atoms with E-state index in [2.05, 4.69) is 60.0 Å². The van der Waals surface area contributed by atoms with E-state index in [1.54, 1.807) is 15.9 Å². The zero-order chi connectivity index (χ0) is 19.1. The minimum Gasteiger partial charge on any atom is -0.492 e. The first kappa shape index (κ1) is 18.4. The highest BCUT2D eigenvalue weighted by Crippen LogP contribution is 2.42. The molecule has 144 valence electrons. The van der Waals surface area contributed by atoms with Gasteiger partial charge >= 0.3 is 0 Å². The number of nitrogens with zero attached hydrogens (tertiary/aromatic N) is 4. The van der Waals surface area contributed by atoms with Crippen molar-refractivity contribution in [1.82, 2.24) is 19.5 Å². The van der Waals surface area contributed by atoms with Gasteiger partial charge in [0.1, 0.15) is 0 Å². The standard InChI is InChI=1S/C21H28N4OS/c1-5-17-22-21-25(23-17)20(26)19(27-21)18(16-8-6-7-13(2)10-16)24-11-14(3)9-15(4)12-24/h6-8,10,14-15,18,26H,5,9,11-12H2,1-4H3/t14-,15-,18-/m0/s1. The number of thiazole rings is 1. The van der Waals surface area contributed by atoms with E-state index in [9.17, 15) is 5.11 Å². The van der Waals surface area contributed by atoms with Gasteiger partial charge in [0.25, 0.3) is 0 Å². The molecule has 0 radical (unpaired) electrons. The van der Waals surface area contributed by atoms with Crippen LogP contribution < -0.4 is 0 Å². The third-order valence-electron chi connectivity index (χ3n) is 5.43. The highest BCUT2D eigenvalue weighted by molar-refractivity contribution is 7.17. The second kappa shape index (κ2) is 7.24. The minimum absolute atomic E-state index is 0.0358. The fourth-order valence-electron chi connectivity index (χ4n) is 4.41. The summed E-state index contributed by atoms with van der Waals surface area (Å²) in [6.45, 7) is 10.9. The first-order valence-corrected chi connectivity index (χ1v) is 10.7. The lowest BCUT2D eigenvalue weighted by atomic mass is 9.89. The molecule has 5 nitrogen and oxygen atoms in total. The zero-order valence-electron chi connectivity index (χ0n) is 16.5. The van der Waals surface area contributed by atoms with Gasteiger partial charge in [-0.1, -0.05) is 61.9 Å². The van der Waals surface area contributed by atoms with Crippen molar-refractivity contribution in [3.63, 3.8) is 0 Å². The number of benzene rings is 1. The third kappa shape index (κ3) is 3.48. The summed E-state index contributed by atoms with van der Waals surface area (Å²) >= 11 is 1.56. The second-order valence-electron chi connectivity index (χ2n) is 8.08. The molecule has 3 atom stereocenters. The number of hydrogen-bond acceptors (Lipinski definition) is 5. The minimum atomic E-state index is 0.0358. The summed E-state index contributed by atoms with van der Waals surface area (Å²) in [5.74, 6) is 2.31. The van der Waals surface area contributed by atoms with Gasteiger partial charge in [-0.05, 0) is 30.7 Å². The quantitative estimate of drug-likeness (QED) is 0.723. The van der Waals surface area contributed by atoms with Gasteiger partial charge in [0, 0.05) is 19.5 Å². The summed E-state index contributed by atoms with van der Waals surface area (Å²) < 4.78 is 1.61. The molecule has 0 bridgehead atoms. The highest BCUT2D eigenvalue weighted by Gasteiger charge is 2.33. The van der Waals surface area contributed by atoms with Crippen LogP contribution in [-0.4, -0.2) is 37.7 Å². The number of aryl methyl sites for hydroxylation is 2. The Morgan fingerprint density at radius 1 is 1.26 bits per heavy atom.